The summed E-state index contributed by atoms with van der Waals surface area (Å²) in [5.74, 6) is 1.71. The van der Waals surface area contributed by atoms with E-state index in [1.54, 1.807) is 23.2 Å². The van der Waals surface area contributed by atoms with E-state index in [1.165, 1.54) is 0 Å². The molecule has 0 atom stereocenters. The second kappa shape index (κ2) is 6.12. The normalized spacial score (nSPS) is 10.6. The van der Waals surface area contributed by atoms with Gasteiger partial charge in [0, 0.05) is 30.7 Å². The minimum atomic E-state index is 0.351. The SMILES string of the molecule is CC(C)CNCc1cccnc1-n1ccnc1C#N. The molecule has 0 unspecified atom stereocenters. The fourth-order valence-corrected chi connectivity index (χ4v) is 1.84. The van der Waals surface area contributed by atoms with Gasteiger partial charge in [-0.1, -0.05) is 19.9 Å². The third-order valence-electron chi connectivity index (χ3n) is 2.70. The van der Waals surface area contributed by atoms with Crippen molar-refractivity contribution >= 4 is 0 Å². The maximum atomic E-state index is 9.03. The van der Waals surface area contributed by atoms with E-state index in [0.29, 0.717) is 11.7 Å². The summed E-state index contributed by atoms with van der Waals surface area (Å²) >= 11 is 0. The molecule has 0 saturated heterocycles. The van der Waals surface area contributed by atoms with Crippen molar-refractivity contribution in [2.75, 3.05) is 6.54 Å². The summed E-state index contributed by atoms with van der Waals surface area (Å²) in [6.07, 6.45) is 5.09. The molecule has 0 aromatic carbocycles. The predicted octanol–water partition coefficient (Wildman–Crippen LogP) is 1.88. The van der Waals surface area contributed by atoms with Crippen molar-refractivity contribution in [2.24, 2.45) is 5.92 Å². The maximum Gasteiger partial charge on any atom is 0.218 e. The van der Waals surface area contributed by atoms with Gasteiger partial charge in [0.2, 0.25) is 5.82 Å². The van der Waals surface area contributed by atoms with Crippen LogP contribution in [0.1, 0.15) is 25.2 Å². The van der Waals surface area contributed by atoms with E-state index in [4.69, 9.17) is 5.26 Å². The molecular formula is C14H17N5. The van der Waals surface area contributed by atoms with Crippen molar-refractivity contribution in [1.29, 1.82) is 5.26 Å². The molecule has 0 saturated carbocycles. The summed E-state index contributed by atoms with van der Waals surface area (Å²) in [7, 11) is 0. The third kappa shape index (κ3) is 3.18. The summed E-state index contributed by atoms with van der Waals surface area (Å²) in [5, 5.41) is 12.4. The minimum Gasteiger partial charge on any atom is -0.312 e. The first kappa shape index (κ1) is 13.2. The first-order chi connectivity index (χ1) is 9.22. The topological polar surface area (TPSA) is 66.5 Å². The highest BCUT2D eigenvalue weighted by Crippen LogP contribution is 2.13. The Balaban J connectivity index is 2.24. The van der Waals surface area contributed by atoms with Gasteiger partial charge in [-0.15, -0.1) is 0 Å². The number of nitrogens with one attached hydrogen (secondary N) is 1. The number of nitriles is 1. The van der Waals surface area contributed by atoms with E-state index < -0.39 is 0 Å². The van der Waals surface area contributed by atoms with E-state index in [0.717, 1.165) is 24.5 Å². The summed E-state index contributed by atoms with van der Waals surface area (Å²) in [6, 6.07) is 5.98. The van der Waals surface area contributed by atoms with Crippen LogP contribution in [0.5, 0.6) is 0 Å². The van der Waals surface area contributed by atoms with Crippen LogP contribution < -0.4 is 5.32 Å². The van der Waals surface area contributed by atoms with Crippen molar-refractivity contribution in [3.63, 3.8) is 0 Å². The number of nitrogens with zero attached hydrogens (tertiary/aromatic N) is 4. The molecule has 5 heteroatoms. The largest absolute Gasteiger partial charge is 0.312 e. The van der Waals surface area contributed by atoms with E-state index in [9.17, 15) is 0 Å². The molecule has 0 radical (unpaired) electrons. The molecule has 0 fully saturated rings. The second-order valence-corrected chi connectivity index (χ2v) is 4.74. The van der Waals surface area contributed by atoms with E-state index in [1.807, 2.05) is 12.1 Å². The van der Waals surface area contributed by atoms with Crippen molar-refractivity contribution < 1.29 is 0 Å². The lowest BCUT2D eigenvalue weighted by atomic mass is 10.2. The number of pyridine rings is 1. The lowest BCUT2D eigenvalue weighted by Crippen LogP contribution is -2.20. The summed E-state index contributed by atoms with van der Waals surface area (Å²) in [6.45, 7) is 6.01. The van der Waals surface area contributed by atoms with Crippen LogP contribution in [-0.4, -0.2) is 21.1 Å². The Morgan fingerprint density at radius 2 is 2.21 bits per heavy atom. The van der Waals surface area contributed by atoms with Gasteiger partial charge < -0.3 is 5.32 Å². The maximum absolute atomic E-state index is 9.03. The Kier molecular flexibility index (Phi) is 4.26. The van der Waals surface area contributed by atoms with Gasteiger partial charge in [-0.05, 0) is 18.5 Å². The first-order valence-electron chi connectivity index (χ1n) is 6.30. The monoisotopic (exact) mass is 255 g/mol. The van der Waals surface area contributed by atoms with E-state index >= 15 is 0 Å². The number of hydrogen-bond acceptors (Lipinski definition) is 4. The molecule has 0 spiro atoms. The molecule has 0 bridgehead atoms. The molecule has 2 rings (SSSR count). The molecule has 98 valence electrons. The van der Waals surface area contributed by atoms with Crippen LogP contribution in [-0.2, 0) is 6.54 Å². The van der Waals surface area contributed by atoms with Crippen molar-refractivity contribution in [3.8, 4) is 11.9 Å². The molecular weight excluding hydrogens is 238 g/mol. The quantitative estimate of drug-likeness (QED) is 0.886. The lowest BCUT2D eigenvalue weighted by molar-refractivity contribution is 0.551. The minimum absolute atomic E-state index is 0.351. The molecule has 0 aliphatic rings. The Morgan fingerprint density at radius 1 is 1.37 bits per heavy atom. The van der Waals surface area contributed by atoms with Gasteiger partial charge in [0.15, 0.2) is 0 Å². The van der Waals surface area contributed by atoms with Crippen molar-refractivity contribution in [2.45, 2.75) is 20.4 Å². The van der Waals surface area contributed by atoms with Gasteiger partial charge in [0.1, 0.15) is 11.9 Å². The van der Waals surface area contributed by atoms with Crippen LogP contribution in [0.2, 0.25) is 0 Å². The highest BCUT2D eigenvalue weighted by molar-refractivity contribution is 5.37. The van der Waals surface area contributed by atoms with Crippen LogP contribution >= 0.6 is 0 Å². The van der Waals surface area contributed by atoms with Gasteiger partial charge in [0.05, 0.1) is 0 Å². The number of rotatable bonds is 5. The Labute approximate surface area is 112 Å². The molecule has 19 heavy (non-hydrogen) atoms. The molecule has 1 N–H and O–H groups in total. The number of hydrogen-bond donors (Lipinski definition) is 1. The van der Waals surface area contributed by atoms with Gasteiger partial charge in [-0.25, -0.2) is 9.97 Å². The smallest absolute Gasteiger partial charge is 0.218 e. The van der Waals surface area contributed by atoms with Crippen LogP contribution in [0.3, 0.4) is 0 Å². The van der Waals surface area contributed by atoms with Crippen LogP contribution in [0.4, 0.5) is 0 Å². The lowest BCUT2D eigenvalue weighted by Gasteiger charge is -2.11. The van der Waals surface area contributed by atoms with Gasteiger partial charge >= 0.3 is 0 Å². The molecule has 2 heterocycles. The van der Waals surface area contributed by atoms with Gasteiger partial charge in [-0.3, -0.25) is 4.57 Å². The molecule has 0 amide bonds. The fourth-order valence-electron chi connectivity index (χ4n) is 1.84. The number of aromatic nitrogens is 3. The Bertz CT molecular complexity index is 580. The average Bonchev–Trinajstić information content (AvgIpc) is 2.87. The standard InChI is InChI=1S/C14H17N5/c1-11(2)9-16-10-12-4-3-5-18-14(12)19-7-6-17-13(19)8-15/h3-7,11,16H,9-10H2,1-2H3. The van der Waals surface area contributed by atoms with E-state index in [-0.39, 0.29) is 0 Å². The molecule has 2 aromatic rings. The molecule has 5 nitrogen and oxygen atoms in total. The van der Waals surface area contributed by atoms with Crippen molar-refractivity contribution in [1.82, 2.24) is 19.9 Å². The second-order valence-electron chi connectivity index (χ2n) is 4.74. The third-order valence-corrected chi connectivity index (χ3v) is 2.70. The zero-order valence-electron chi connectivity index (χ0n) is 11.2. The summed E-state index contributed by atoms with van der Waals surface area (Å²) < 4.78 is 1.71. The zero-order chi connectivity index (χ0) is 13.7. The zero-order valence-corrected chi connectivity index (χ0v) is 11.2. The highest BCUT2D eigenvalue weighted by atomic mass is 15.1. The molecule has 2 aromatic heterocycles. The van der Waals surface area contributed by atoms with Crippen LogP contribution in [0, 0.1) is 17.2 Å². The van der Waals surface area contributed by atoms with Crippen LogP contribution in [0.15, 0.2) is 30.7 Å². The van der Waals surface area contributed by atoms with Gasteiger partial charge in [-0.2, -0.15) is 5.26 Å². The number of imidazole rings is 1. The fraction of sp³-hybridized carbons (Fsp3) is 0.357. The van der Waals surface area contributed by atoms with Gasteiger partial charge in [0.25, 0.3) is 0 Å². The van der Waals surface area contributed by atoms with Crippen molar-refractivity contribution in [3.05, 3.63) is 42.1 Å². The summed E-state index contributed by atoms with van der Waals surface area (Å²) in [4.78, 5) is 8.36. The predicted molar refractivity (Wildman–Crippen MR) is 72.6 cm³/mol. The Hall–Kier alpha value is -2.19. The van der Waals surface area contributed by atoms with Crippen LogP contribution in [0.25, 0.3) is 5.82 Å². The molecule has 0 aliphatic heterocycles. The average molecular weight is 255 g/mol. The molecule has 0 aliphatic carbocycles. The summed E-state index contributed by atoms with van der Waals surface area (Å²) in [5.41, 5.74) is 1.05. The highest BCUT2D eigenvalue weighted by Gasteiger charge is 2.09. The van der Waals surface area contributed by atoms with E-state index in [2.05, 4.69) is 35.2 Å². The Morgan fingerprint density at radius 3 is 2.95 bits per heavy atom. The first-order valence-corrected chi connectivity index (χ1v) is 6.30.